The zero-order chi connectivity index (χ0) is 37.8. The third kappa shape index (κ3) is 4.72. The van der Waals surface area contributed by atoms with Crippen LogP contribution < -0.4 is 4.90 Å². The van der Waals surface area contributed by atoms with Gasteiger partial charge in [-0.3, -0.25) is 0 Å². The number of fused-ring (bicyclic) bond motifs is 9. The van der Waals surface area contributed by atoms with E-state index in [1.165, 1.54) is 92.6 Å². The van der Waals surface area contributed by atoms with Gasteiger partial charge in [-0.05, 0) is 104 Å². The number of anilines is 3. The molecule has 0 saturated carbocycles. The smallest absolute Gasteiger partial charge is 0.0543 e. The first-order chi connectivity index (χ1) is 27.3. The van der Waals surface area contributed by atoms with E-state index in [1.807, 2.05) is 11.3 Å². The van der Waals surface area contributed by atoms with Gasteiger partial charge in [-0.25, -0.2) is 0 Å². The Morgan fingerprint density at radius 2 is 0.839 bits per heavy atom. The molecule has 0 amide bonds. The fourth-order valence-electron chi connectivity index (χ4n) is 9.94. The molecule has 8 aromatic carbocycles. The molecule has 2 aliphatic carbocycles. The summed E-state index contributed by atoms with van der Waals surface area (Å²) < 4.78 is 2.66. The Balaban J connectivity index is 1.07. The van der Waals surface area contributed by atoms with E-state index < -0.39 is 0 Å². The average molecular weight is 736 g/mol. The molecular weight excluding hydrogens is 695 g/mol. The average Bonchev–Trinajstić information content (AvgIpc) is 3.82. The normalized spacial score (nSPS) is 14.4. The lowest BCUT2D eigenvalue weighted by atomic mass is 9.82. The minimum Gasteiger partial charge on any atom is -0.310 e. The molecule has 9 aromatic rings. The van der Waals surface area contributed by atoms with Gasteiger partial charge in [-0.2, -0.15) is 0 Å². The standard InChI is InChI=1S/C54H41NS/c1-53(2)43-19-8-5-14-40(43)50-38(17-11-21-45(50)53)34-26-30-36(31-27-34)55(47-23-13-22-46-52(47)41-15-6-9-20-44(41)54(46,3)4)37-32-28-35(29-33-37)39-18-12-25-49-51(39)42-16-7-10-24-48(42)56-49/h5-33H,1-4H3. The van der Waals surface area contributed by atoms with Crippen LogP contribution in [0.25, 0.3) is 64.7 Å². The van der Waals surface area contributed by atoms with Crippen LogP contribution >= 0.6 is 11.3 Å². The van der Waals surface area contributed by atoms with Crippen molar-refractivity contribution in [1.29, 1.82) is 0 Å². The minimum absolute atomic E-state index is 0.0371. The summed E-state index contributed by atoms with van der Waals surface area (Å²) in [6.45, 7) is 9.44. The Bertz CT molecular complexity index is 3010. The third-order valence-electron chi connectivity index (χ3n) is 12.7. The van der Waals surface area contributed by atoms with E-state index in [-0.39, 0.29) is 10.8 Å². The summed E-state index contributed by atoms with van der Waals surface area (Å²) in [4.78, 5) is 2.47. The number of nitrogens with zero attached hydrogens (tertiary/aromatic N) is 1. The summed E-state index contributed by atoms with van der Waals surface area (Å²) in [6.07, 6.45) is 0. The van der Waals surface area contributed by atoms with Crippen molar-refractivity contribution in [2.45, 2.75) is 38.5 Å². The molecule has 56 heavy (non-hydrogen) atoms. The highest BCUT2D eigenvalue weighted by Gasteiger charge is 2.38. The van der Waals surface area contributed by atoms with Gasteiger partial charge in [0.05, 0.1) is 5.69 Å². The van der Waals surface area contributed by atoms with Gasteiger partial charge in [-0.15, -0.1) is 11.3 Å². The predicted molar refractivity (Wildman–Crippen MR) is 240 cm³/mol. The number of hydrogen-bond acceptors (Lipinski definition) is 2. The second kappa shape index (κ2) is 12.1. The van der Waals surface area contributed by atoms with Crippen molar-refractivity contribution in [2.75, 3.05) is 4.90 Å². The highest BCUT2D eigenvalue weighted by molar-refractivity contribution is 7.25. The number of rotatable bonds is 5. The third-order valence-corrected chi connectivity index (χ3v) is 13.8. The predicted octanol–water partition coefficient (Wildman–Crippen LogP) is 15.5. The van der Waals surface area contributed by atoms with E-state index in [0.717, 1.165) is 11.4 Å². The fourth-order valence-corrected chi connectivity index (χ4v) is 11.1. The van der Waals surface area contributed by atoms with Crippen LogP contribution in [0.5, 0.6) is 0 Å². The summed E-state index contributed by atoms with van der Waals surface area (Å²) in [5, 5.41) is 2.66. The molecule has 1 heterocycles. The topological polar surface area (TPSA) is 3.24 Å². The molecule has 11 rings (SSSR count). The van der Waals surface area contributed by atoms with Gasteiger partial charge in [0, 0.05) is 47.9 Å². The molecule has 2 aliphatic rings. The molecule has 268 valence electrons. The van der Waals surface area contributed by atoms with Crippen molar-refractivity contribution in [3.8, 4) is 44.5 Å². The van der Waals surface area contributed by atoms with Crippen LogP contribution in [0.3, 0.4) is 0 Å². The van der Waals surface area contributed by atoms with Crippen LogP contribution in [0.1, 0.15) is 49.9 Å². The van der Waals surface area contributed by atoms with Gasteiger partial charge in [0.2, 0.25) is 0 Å². The van der Waals surface area contributed by atoms with Crippen molar-refractivity contribution in [2.24, 2.45) is 0 Å². The molecule has 0 radical (unpaired) electrons. The largest absolute Gasteiger partial charge is 0.310 e. The number of thiophene rings is 1. The molecule has 0 spiro atoms. The first-order valence-corrected chi connectivity index (χ1v) is 20.5. The summed E-state index contributed by atoms with van der Waals surface area (Å²) in [5.41, 5.74) is 19.2. The van der Waals surface area contributed by atoms with Crippen LogP contribution in [0.15, 0.2) is 176 Å². The first-order valence-electron chi connectivity index (χ1n) is 19.7. The van der Waals surface area contributed by atoms with E-state index in [4.69, 9.17) is 0 Å². The van der Waals surface area contributed by atoms with Crippen LogP contribution in [-0.2, 0) is 10.8 Å². The molecule has 0 N–H and O–H groups in total. The van der Waals surface area contributed by atoms with Crippen molar-refractivity contribution in [3.63, 3.8) is 0 Å². The highest BCUT2D eigenvalue weighted by Crippen LogP contribution is 2.55. The Labute approximate surface area is 333 Å². The summed E-state index contributed by atoms with van der Waals surface area (Å²) >= 11 is 1.87. The first kappa shape index (κ1) is 33.1. The zero-order valence-electron chi connectivity index (χ0n) is 32.1. The van der Waals surface area contributed by atoms with Gasteiger partial charge < -0.3 is 4.90 Å². The molecule has 0 atom stereocenters. The number of benzene rings is 8. The van der Waals surface area contributed by atoms with Crippen molar-refractivity contribution in [3.05, 3.63) is 198 Å². The van der Waals surface area contributed by atoms with Crippen LogP contribution in [0, 0.1) is 0 Å². The van der Waals surface area contributed by atoms with E-state index >= 15 is 0 Å². The number of hydrogen-bond donors (Lipinski definition) is 0. The fraction of sp³-hybridized carbons (Fsp3) is 0.111. The summed E-state index contributed by atoms with van der Waals surface area (Å²) in [5.74, 6) is 0. The lowest BCUT2D eigenvalue weighted by Crippen LogP contribution is -2.16. The highest BCUT2D eigenvalue weighted by atomic mass is 32.1. The second-order valence-corrected chi connectivity index (χ2v) is 17.6. The van der Waals surface area contributed by atoms with Crippen molar-refractivity contribution in [1.82, 2.24) is 0 Å². The minimum atomic E-state index is -0.0962. The van der Waals surface area contributed by atoms with Crippen molar-refractivity contribution < 1.29 is 0 Å². The van der Waals surface area contributed by atoms with Crippen LogP contribution in [0.4, 0.5) is 17.1 Å². The summed E-state index contributed by atoms with van der Waals surface area (Å²) in [6, 6.07) is 65.7. The van der Waals surface area contributed by atoms with Gasteiger partial charge in [0.25, 0.3) is 0 Å². The van der Waals surface area contributed by atoms with E-state index in [1.54, 1.807) is 0 Å². The summed E-state index contributed by atoms with van der Waals surface area (Å²) in [7, 11) is 0. The molecule has 1 aromatic heterocycles. The molecule has 0 saturated heterocycles. The maximum atomic E-state index is 2.47. The Kier molecular flexibility index (Phi) is 7.18. The molecular formula is C54H41NS. The maximum absolute atomic E-state index is 2.47. The van der Waals surface area contributed by atoms with Crippen LogP contribution in [0.2, 0.25) is 0 Å². The van der Waals surface area contributed by atoms with Gasteiger partial charge in [0.1, 0.15) is 0 Å². The van der Waals surface area contributed by atoms with Gasteiger partial charge in [-0.1, -0.05) is 161 Å². The molecule has 2 heteroatoms. The Morgan fingerprint density at radius 1 is 0.375 bits per heavy atom. The lowest BCUT2D eigenvalue weighted by molar-refractivity contribution is 0.660. The maximum Gasteiger partial charge on any atom is 0.0543 e. The quantitative estimate of drug-likeness (QED) is 0.170. The van der Waals surface area contributed by atoms with Crippen LogP contribution in [-0.4, -0.2) is 0 Å². The molecule has 0 bridgehead atoms. The second-order valence-electron chi connectivity index (χ2n) is 16.5. The zero-order valence-corrected chi connectivity index (χ0v) is 32.9. The SMILES string of the molecule is CC1(C)c2ccccc2-c2c(-c3ccc(N(c4ccc(-c5cccc6sc7ccccc7c56)cc4)c4cccc5c4-c4ccccc4C5(C)C)cc3)cccc21. The van der Waals surface area contributed by atoms with E-state index in [0.29, 0.717) is 0 Å². The van der Waals surface area contributed by atoms with Crippen molar-refractivity contribution >= 4 is 48.6 Å². The lowest BCUT2D eigenvalue weighted by Gasteiger charge is -2.29. The van der Waals surface area contributed by atoms with E-state index in [2.05, 4.69) is 209 Å². The molecule has 0 aliphatic heterocycles. The molecule has 0 fully saturated rings. The van der Waals surface area contributed by atoms with E-state index in [9.17, 15) is 0 Å². The van der Waals surface area contributed by atoms with Gasteiger partial charge in [0.15, 0.2) is 0 Å². The van der Waals surface area contributed by atoms with Gasteiger partial charge >= 0.3 is 0 Å². The molecule has 1 nitrogen and oxygen atoms in total. The molecule has 0 unspecified atom stereocenters. The Morgan fingerprint density at radius 3 is 1.52 bits per heavy atom. The Hall–Kier alpha value is -6.22. The monoisotopic (exact) mass is 735 g/mol.